The summed E-state index contributed by atoms with van der Waals surface area (Å²) in [7, 11) is 0. The Morgan fingerprint density at radius 3 is 2.58 bits per heavy atom. The van der Waals surface area contributed by atoms with Crippen LogP contribution in [0.1, 0.15) is 6.92 Å². The molecule has 2 heterocycles. The summed E-state index contributed by atoms with van der Waals surface area (Å²) in [5.74, 6) is -0.346. The summed E-state index contributed by atoms with van der Waals surface area (Å²) in [5.41, 5.74) is 1.16. The van der Waals surface area contributed by atoms with Crippen molar-refractivity contribution >= 4 is 44.1 Å². The summed E-state index contributed by atoms with van der Waals surface area (Å²) in [4.78, 5) is 40.7. The lowest BCUT2D eigenvalue weighted by molar-refractivity contribution is -0.116. The number of morpholine rings is 1. The Bertz CT molecular complexity index is 1240. The highest BCUT2D eigenvalue weighted by Gasteiger charge is 2.18. The van der Waals surface area contributed by atoms with E-state index in [0.29, 0.717) is 29.8 Å². The summed E-state index contributed by atoms with van der Waals surface area (Å²) in [6, 6.07) is 12.6. The number of aromatic nitrogens is 2. The summed E-state index contributed by atoms with van der Waals surface area (Å²) in [6.45, 7) is 4.49. The average molecular weight is 487 g/mol. The van der Waals surface area contributed by atoms with Crippen LogP contribution >= 0.6 is 15.9 Å². The number of ether oxygens (including phenoxy) is 1. The van der Waals surface area contributed by atoms with Crippen molar-refractivity contribution in [2.75, 3.05) is 36.5 Å². The van der Waals surface area contributed by atoms with Crippen molar-refractivity contribution < 1.29 is 9.53 Å². The second-order valence-electron chi connectivity index (χ2n) is 7.24. The molecule has 31 heavy (non-hydrogen) atoms. The highest BCUT2D eigenvalue weighted by atomic mass is 79.9. The molecule has 1 saturated heterocycles. The fraction of sp³-hybridized carbons (Fsp3) is 0.318. The highest BCUT2D eigenvalue weighted by molar-refractivity contribution is 9.10. The SMILES string of the molecule is CCn1c(=O)c2ccccc2n(CC(=O)Nc2cc(Br)ccc2N2CCOCC2)c1=O. The zero-order chi connectivity index (χ0) is 22.0. The minimum absolute atomic E-state index is 0.200. The smallest absolute Gasteiger partial charge is 0.331 e. The van der Waals surface area contributed by atoms with E-state index in [1.165, 1.54) is 4.57 Å². The Balaban J connectivity index is 1.68. The molecule has 8 nitrogen and oxygen atoms in total. The average Bonchev–Trinajstić information content (AvgIpc) is 2.78. The predicted molar refractivity (Wildman–Crippen MR) is 124 cm³/mol. The van der Waals surface area contributed by atoms with Crippen molar-refractivity contribution in [3.8, 4) is 0 Å². The minimum Gasteiger partial charge on any atom is -0.378 e. The van der Waals surface area contributed by atoms with Gasteiger partial charge in [0.1, 0.15) is 6.54 Å². The number of para-hydroxylation sites is 1. The largest absolute Gasteiger partial charge is 0.378 e. The van der Waals surface area contributed by atoms with Crippen LogP contribution in [-0.4, -0.2) is 41.3 Å². The van der Waals surface area contributed by atoms with Gasteiger partial charge in [-0.2, -0.15) is 0 Å². The van der Waals surface area contributed by atoms with Crippen molar-refractivity contribution in [2.45, 2.75) is 20.0 Å². The van der Waals surface area contributed by atoms with Gasteiger partial charge in [-0.15, -0.1) is 0 Å². The number of nitrogens with zero attached hydrogens (tertiary/aromatic N) is 3. The molecule has 1 fully saturated rings. The first-order valence-electron chi connectivity index (χ1n) is 10.1. The molecule has 9 heteroatoms. The van der Waals surface area contributed by atoms with Gasteiger partial charge in [0, 0.05) is 24.1 Å². The van der Waals surface area contributed by atoms with E-state index < -0.39 is 5.69 Å². The van der Waals surface area contributed by atoms with Gasteiger partial charge in [-0.25, -0.2) is 4.79 Å². The molecule has 0 spiro atoms. The lowest BCUT2D eigenvalue weighted by atomic mass is 10.2. The molecule has 2 aromatic carbocycles. The maximum absolute atomic E-state index is 13.0. The Morgan fingerprint density at radius 2 is 1.84 bits per heavy atom. The standard InChI is InChI=1S/C22H23BrN4O4/c1-2-26-21(29)16-5-3-4-6-18(16)27(22(26)30)14-20(28)24-17-13-15(23)7-8-19(17)25-9-11-31-12-10-25/h3-8,13H,2,9-12,14H2,1H3,(H,24,28). The molecular weight excluding hydrogens is 464 g/mol. The first kappa shape index (κ1) is 21.3. The van der Waals surface area contributed by atoms with Crippen LogP contribution in [0.2, 0.25) is 0 Å². The topological polar surface area (TPSA) is 85.6 Å². The number of hydrogen-bond donors (Lipinski definition) is 1. The number of carbonyl (C=O) groups is 1. The number of nitrogens with one attached hydrogen (secondary N) is 1. The molecule has 0 unspecified atom stereocenters. The first-order valence-corrected chi connectivity index (χ1v) is 10.9. The fourth-order valence-electron chi connectivity index (χ4n) is 3.82. The summed E-state index contributed by atoms with van der Waals surface area (Å²) in [6.07, 6.45) is 0. The van der Waals surface area contributed by atoms with E-state index in [-0.39, 0.29) is 24.6 Å². The minimum atomic E-state index is -0.496. The number of anilines is 2. The number of rotatable bonds is 5. The van der Waals surface area contributed by atoms with Crippen molar-refractivity contribution in [3.05, 3.63) is 67.8 Å². The quantitative estimate of drug-likeness (QED) is 0.598. The molecule has 1 aliphatic heterocycles. The van der Waals surface area contributed by atoms with E-state index in [1.54, 1.807) is 31.2 Å². The van der Waals surface area contributed by atoms with Gasteiger partial charge in [0.2, 0.25) is 5.91 Å². The molecule has 0 saturated carbocycles. The molecule has 1 aliphatic rings. The highest BCUT2D eigenvalue weighted by Crippen LogP contribution is 2.30. The molecule has 0 aliphatic carbocycles. The Hall–Kier alpha value is -2.91. The maximum Gasteiger partial charge on any atom is 0.331 e. The predicted octanol–water partition coefficient (Wildman–Crippen LogP) is 2.42. The normalized spacial score (nSPS) is 14.1. The van der Waals surface area contributed by atoms with Crippen LogP contribution in [0.4, 0.5) is 11.4 Å². The molecule has 3 aromatic rings. The zero-order valence-corrected chi connectivity index (χ0v) is 18.7. The molecule has 162 valence electrons. The van der Waals surface area contributed by atoms with Crippen LogP contribution in [0.3, 0.4) is 0 Å². The van der Waals surface area contributed by atoms with Gasteiger partial charge in [-0.05, 0) is 37.3 Å². The van der Waals surface area contributed by atoms with Crippen molar-refractivity contribution in [1.82, 2.24) is 9.13 Å². The molecule has 1 N–H and O–H groups in total. The van der Waals surface area contributed by atoms with E-state index in [2.05, 4.69) is 26.1 Å². The lowest BCUT2D eigenvalue weighted by Gasteiger charge is -2.30. The van der Waals surface area contributed by atoms with Gasteiger partial charge in [0.25, 0.3) is 5.56 Å². The van der Waals surface area contributed by atoms with Gasteiger partial charge in [0.05, 0.1) is 35.5 Å². The Morgan fingerprint density at radius 1 is 1.10 bits per heavy atom. The van der Waals surface area contributed by atoms with Crippen molar-refractivity contribution in [2.24, 2.45) is 0 Å². The third-order valence-electron chi connectivity index (χ3n) is 5.33. The van der Waals surface area contributed by atoms with Crippen molar-refractivity contribution in [1.29, 1.82) is 0 Å². The molecule has 1 amide bonds. The summed E-state index contributed by atoms with van der Waals surface area (Å²) >= 11 is 3.46. The molecule has 0 radical (unpaired) electrons. The van der Waals surface area contributed by atoms with Crippen molar-refractivity contribution in [3.63, 3.8) is 0 Å². The van der Waals surface area contributed by atoms with Gasteiger partial charge in [-0.3, -0.25) is 18.7 Å². The molecule has 4 rings (SSSR count). The zero-order valence-electron chi connectivity index (χ0n) is 17.1. The number of fused-ring (bicyclic) bond motifs is 1. The van der Waals surface area contributed by atoms with Gasteiger partial charge in [-0.1, -0.05) is 28.1 Å². The third-order valence-corrected chi connectivity index (χ3v) is 5.83. The molecule has 0 atom stereocenters. The van der Waals surface area contributed by atoms with Crippen LogP contribution in [0, 0.1) is 0 Å². The van der Waals surface area contributed by atoms with Crippen LogP contribution in [0.5, 0.6) is 0 Å². The van der Waals surface area contributed by atoms with E-state index in [9.17, 15) is 14.4 Å². The van der Waals surface area contributed by atoms with E-state index >= 15 is 0 Å². The molecular formula is C22H23BrN4O4. The van der Waals surface area contributed by atoms with E-state index in [4.69, 9.17) is 4.74 Å². The number of hydrogen-bond acceptors (Lipinski definition) is 5. The number of carbonyl (C=O) groups excluding carboxylic acids is 1. The Kier molecular flexibility index (Phi) is 6.24. The second-order valence-corrected chi connectivity index (χ2v) is 8.16. The monoisotopic (exact) mass is 486 g/mol. The van der Waals surface area contributed by atoms with Gasteiger partial charge >= 0.3 is 5.69 Å². The lowest BCUT2D eigenvalue weighted by Crippen LogP contribution is -2.41. The van der Waals surface area contributed by atoms with Crippen LogP contribution in [0.15, 0.2) is 56.5 Å². The van der Waals surface area contributed by atoms with Crippen LogP contribution in [0.25, 0.3) is 10.9 Å². The Labute approximate surface area is 187 Å². The maximum atomic E-state index is 13.0. The van der Waals surface area contributed by atoms with Crippen LogP contribution in [-0.2, 0) is 22.6 Å². The first-order chi connectivity index (χ1) is 15.0. The number of benzene rings is 2. The summed E-state index contributed by atoms with van der Waals surface area (Å²) < 4.78 is 8.76. The van der Waals surface area contributed by atoms with Gasteiger partial charge < -0.3 is 15.0 Å². The van der Waals surface area contributed by atoms with Crippen LogP contribution < -0.4 is 21.5 Å². The third kappa shape index (κ3) is 4.28. The van der Waals surface area contributed by atoms with E-state index in [0.717, 1.165) is 27.8 Å². The number of amides is 1. The molecule has 0 bridgehead atoms. The summed E-state index contributed by atoms with van der Waals surface area (Å²) in [5, 5.41) is 3.35. The van der Waals surface area contributed by atoms with Gasteiger partial charge in [0.15, 0.2) is 0 Å². The molecule has 1 aromatic heterocycles. The van der Waals surface area contributed by atoms with E-state index in [1.807, 2.05) is 18.2 Å². The number of halogens is 1. The second kappa shape index (κ2) is 9.07. The fourth-order valence-corrected chi connectivity index (χ4v) is 4.19.